The second kappa shape index (κ2) is 6.13. The summed E-state index contributed by atoms with van der Waals surface area (Å²) in [5.41, 5.74) is 0. The van der Waals surface area contributed by atoms with Crippen LogP contribution in [0.2, 0.25) is 0 Å². The van der Waals surface area contributed by atoms with E-state index in [-0.39, 0.29) is 0 Å². The SMILES string of the molecule is CCC1CCC(C(=O)OCC(F)(F)S(=O)(=O)O)CC1. The van der Waals surface area contributed by atoms with Gasteiger partial charge in [0.1, 0.15) is 0 Å². The molecule has 19 heavy (non-hydrogen) atoms. The molecular formula is C11H18F2O5S. The summed E-state index contributed by atoms with van der Waals surface area (Å²) >= 11 is 0. The van der Waals surface area contributed by atoms with Crippen LogP contribution in [0.4, 0.5) is 8.78 Å². The van der Waals surface area contributed by atoms with E-state index in [9.17, 15) is 22.0 Å². The van der Waals surface area contributed by atoms with E-state index in [4.69, 9.17) is 4.55 Å². The van der Waals surface area contributed by atoms with Gasteiger partial charge in [-0.05, 0) is 31.6 Å². The Morgan fingerprint density at radius 1 is 1.32 bits per heavy atom. The zero-order valence-electron chi connectivity index (χ0n) is 10.6. The van der Waals surface area contributed by atoms with Crippen LogP contribution in [-0.4, -0.2) is 30.8 Å². The van der Waals surface area contributed by atoms with Gasteiger partial charge in [0.15, 0.2) is 6.61 Å². The highest BCUT2D eigenvalue weighted by Crippen LogP contribution is 2.31. The third-order valence-electron chi connectivity index (χ3n) is 3.52. The first-order valence-electron chi connectivity index (χ1n) is 6.19. The molecule has 0 saturated heterocycles. The van der Waals surface area contributed by atoms with Crippen LogP contribution in [0.5, 0.6) is 0 Å². The number of carbonyl (C=O) groups excluding carboxylic acids is 1. The van der Waals surface area contributed by atoms with Gasteiger partial charge in [-0.3, -0.25) is 9.35 Å². The van der Waals surface area contributed by atoms with Crippen LogP contribution in [-0.2, 0) is 19.6 Å². The van der Waals surface area contributed by atoms with Crippen molar-refractivity contribution in [1.29, 1.82) is 0 Å². The predicted octanol–water partition coefficient (Wildman–Crippen LogP) is 2.23. The van der Waals surface area contributed by atoms with Gasteiger partial charge in [0.2, 0.25) is 0 Å². The zero-order chi connectivity index (χ0) is 14.7. The van der Waals surface area contributed by atoms with Crippen LogP contribution in [0.15, 0.2) is 0 Å². The minimum Gasteiger partial charge on any atom is -0.458 e. The number of carbonyl (C=O) groups is 1. The molecule has 0 aromatic heterocycles. The van der Waals surface area contributed by atoms with Crippen molar-refractivity contribution in [2.75, 3.05) is 6.61 Å². The highest BCUT2D eigenvalue weighted by atomic mass is 32.2. The lowest BCUT2D eigenvalue weighted by molar-refractivity contribution is -0.156. The summed E-state index contributed by atoms with van der Waals surface area (Å²) in [6.07, 6.45) is 3.82. The van der Waals surface area contributed by atoms with E-state index in [2.05, 4.69) is 11.7 Å². The molecule has 1 saturated carbocycles. The lowest BCUT2D eigenvalue weighted by atomic mass is 9.81. The van der Waals surface area contributed by atoms with Crippen molar-refractivity contribution < 1.29 is 31.3 Å². The van der Waals surface area contributed by atoms with E-state index in [0.29, 0.717) is 18.8 Å². The van der Waals surface area contributed by atoms with Crippen molar-refractivity contribution in [3.8, 4) is 0 Å². The maximum absolute atomic E-state index is 12.9. The fourth-order valence-electron chi connectivity index (χ4n) is 2.15. The van der Waals surface area contributed by atoms with Gasteiger partial charge in [-0.15, -0.1) is 0 Å². The van der Waals surface area contributed by atoms with Gasteiger partial charge in [0.05, 0.1) is 5.92 Å². The first-order valence-corrected chi connectivity index (χ1v) is 7.63. The van der Waals surface area contributed by atoms with Crippen molar-refractivity contribution in [1.82, 2.24) is 0 Å². The quantitative estimate of drug-likeness (QED) is 0.622. The van der Waals surface area contributed by atoms with E-state index in [1.165, 1.54) is 0 Å². The number of rotatable bonds is 5. The topological polar surface area (TPSA) is 80.7 Å². The van der Waals surface area contributed by atoms with Gasteiger partial charge in [0, 0.05) is 0 Å². The number of hydrogen-bond acceptors (Lipinski definition) is 4. The smallest absolute Gasteiger partial charge is 0.402 e. The molecule has 0 unspecified atom stereocenters. The lowest BCUT2D eigenvalue weighted by Gasteiger charge is -2.26. The number of alkyl halides is 2. The molecule has 0 aliphatic heterocycles. The van der Waals surface area contributed by atoms with Crippen molar-refractivity contribution in [3.63, 3.8) is 0 Å². The van der Waals surface area contributed by atoms with Crippen molar-refractivity contribution in [2.24, 2.45) is 11.8 Å². The molecule has 0 bridgehead atoms. The van der Waals surface area contributed by atoms with Gasteiger partial charge < -0.3 is 4.74 Å². The monoisotopic (exact) mass is 300 g/mol. The van der Waals surface area contributed by atoms with Gasteiger partial charge in [-0.25, -0.2) is 0 Å². The van der Waals surface area contributed by atoms with Crippen molar-refractivity contribution >= 4 is 16.1 Å². The predicted molar refractivity (Wildman–Crippen MR) is 63.2 cm³/mol. The molecule has 0 spiro atoms. The second-order valence-corrected chi connectivity index (χ2v) is 6.39. The molecule has 1 aliphatic rings. The van der Waals surface area contributed by atoms with Crippen LogP contribution in [0.3, 0.4) is 0 Å². The van der Waals surface area contributed by atoms with Crippen molar-refractivity contribution in [2.45, 2.75) is 44.3 Å². The van der Waals surface area contributed by atoms with Crippen LogP contribution in [0.1, 0.15) is 39.0 Å². The van der Waals surface area contributed by atoms with Crippen molar-refractivity contribution in [3.05, 3.63) is 0 Å². The Labute approximate surface area is 111 Å². The maximum atomic E-state index is 12.9. The van der Waals surface area contributed by atoms with E-state index in [1.54, 1.807) is 0 Å². The van der Waals surface area contributed by atoms with Crippen LogP contribution >= 0.6 is 0 Å². The normalized spacial score (nSPS) is 25.1. The molecule has 5 nitrogen and oxygen atoms in total. The van der Waals surface area contributed by atoms with Gasteiger partial charge in [-0.2, -0.15) is 17.2 Å². The molecule has 0 radical (unpaired) electrons. The highest BCUT2D eigenvalue weighted by molar-refractivity contribution is 7.86. The van der Waals surface area contributed by atoms with Crippen LogP contribution < -0.4 is 0 Å². The Morgan fingerprint density at radius 2 is 1.84 bits per heavy atom. The summed E-state index contributed by atoms with van der Waals surface area (Å²) in [4.78, 5) is 11.5. The fourth-order valence-corrected chi connectivity index (χ4v) is 2.36. The molecule has 112 valence electrons. The summed E-state index contributed by atoms with van der Waals surface area (Å²) in [6, 6.07) is 0. The molecule has 1 rings (SSSR count). The molecule has 8 heteroatoms. The molecule has 1 fully saturated rings. The largest absolute Gasteiger partial charge is 0.458 e. The first-order chi connectivity index (χ1) is 8.67. The first kappa shape index (κ1) is 16.3. The maximum Gasteiger partial charge on any atom is 0.402 e. The number of ether oxygens (including phenoxy) is 1. The molecule has 0 amide bonds. The summed E-state index contributed by atoms with van der Waals surface area (Å²) in [5.74, 6) is -0.735. The molecule has 1 aliphatic carbocycles. The summed E-state index contributed by atoms with van der Waals surface area (Å²) in [5, 5.41) is -4.46. The Bertz CT molecular complexity index is 413. The van der Waals surface area contributed by atoms with E-state index >= 15 is 0 Å². The average molecular weight is 300 g/mol. The minimum absolute atomic E-state index is 0.458. The third-order valence-corrected chi connectivity index (χ3v) is 4.39. The number of halogens is 2. The third kappa shape index (κ3) is 4.38. The molecule has 1 N–H and O–H groups in total. The summed E-state index contributed by atoms with van der Waals surface area (Å²) < 4.78 is 59.0. The van der Waals surface area contributed by atoms with Gasteiger partial charge in [-0.1, -0.05) is 13.3 Å². The van der Waals surface area contributed by atoms with Crippen LogP contribution in [0.25, 0.3) is 0 Å². The van der Waals surface area contributed by atoms with E-state index in [0.717, 1.165) is 19.3 Å². The fraction of sp³-hybridized carbons (Fsp3) is 0.909. The van der Waals surface area contributed by atoms with Gasteiger partial charge in [0.25, 0.3) is 0 Å². The molecule has 0 atom stereocenters. The molecule has 0 aromatic rings. The van der Waals surface area contributed by atoms with E-state index in [1.807, 2.05) is 0 Å². The molecule has 0 aromatic carbocycles. The van der Waals surface area contributed by atoms with E-state index < -0.39 is 33.9 Å². The Morgan fingerprint density at radius 3 is 2.26 bits per heavy atom. The number of hydrogen-bond donors (Lipinski definition) is 1. The highest BCUT2D eigenvalue weighted by Gasteiger charge is 2.46. The Balaban J connectivity index is 2.45. The molecular weight excluding hydrogens is 282 g/mol. The van der Waals surface area contributed by atoms with Crippen LogP contribution in [0, 0.1) is 11.8 Å². The summed E-state index contributed by atoms with van der Waals surface area (Å²) in [7, 11) is -5.55. The lowest BCUT2D eigenvalue weighted by Crippen LogP contribution is -2.36. The second-order valence-electron chi connectivity index (χ2n) is 4.85. The number of esters is 1. The molecule has 0 heterocycles. The summed E-state index contributed by atoms with van der Waals surface area (Å²) in [6.45, 7) is 0.411. The average Bonchev–Trinajstić information content (AvgIpc) is 2.35. The minimum atomic E-state index is -5.55. The zero-order valence-corrected chi connectivity index (χ0v) is 11.5. The standard InChI is InChI=1S/C11H18F2O5S/c1-2-8-3-5-9(6-4-8)10(14)18-7-11(12,13)19(15,16)17/h8-9H,2-7H2,1H3,(H,15,16,17). The van der Waals surface area contributed by atoms with Gasteiger partial charge >= 0.3 is 21.3 Å². The Hall–Kier alpha value is -0.760. The Kier molecular flexibility index (Phi) is 5.26.